The largest absolute Gasteiger partial charge is 0.381 e. The van der Waals surface area contributed by atoms with Gasteiger partial charge in [0.15, 0.2) is 11.6 Å². The van der Waals surface area contributed by atoms with Crippen LogP contribution in [0.3, 0.4) is 0 Å². The van der Waals surface area contributed by atoms with Crippen molar-refractivity contribution in [1.29, 1.82) is 0 Å². The molecule has 0 radical (unpaired) electrons. The van der Waals surface area contributed by atoms with Crippen molar-refractivity contribution >= 4 is 11.6 Å². The fourth-order valence-electron chi connectivity index (χ4n) is 2.46. The van der Waals surface area contributed by atoms with Crippen molar-refractivity contribution in [3.8, 4) is 0 Å². The molecule has 0 fully saturated rings. The average Bonchev–Trinajstić information content (AvgIpc) is 2.47. The minimum absolute atomic E-state index is 0.0222. The Bertz CT molecular complexity index is 469. The summed E-state index contributed by atoms with van der Waals surface area (Å²) in [5.41, 5.74) is 2.52. The van der Waals surface area contributed by atoms with Crippen LogP contribution in [0.15, 0.2) is 22.3 Å². The van der Waals surface area contributed by atoms with Gasteiger partial charge in [-0.3, -0.25) is 9.59 Å². The number of carbonyl (C=O) groups excluding carboxylic acids is 2. The van der Waals surface area contributed by atoms with Gasteiger partial charge < -0.3 is 4.74 Å². The third-order valence-corrected chi connectivity index (χ3v) is 4.24. The minimum Gasteiger partial charge on any atom is -0.381 e. The van der Waals surface area contributed by atoms with Crippen molar-refractivity contribution in [2.24, 2.45) is 5.92 Å². The highest BCUT2D eigenvalue weighted by atomic mass is 16.5. The van der Waals surface area contributed by atoms with Crippen molar-refractivity contribution < 1.29 is 14.3 Å². The highest BCUT2D eigenvalue weighted by Gasteiger charge is 2.27. The monoisotopic (exact) mass is 292 g/mol. The molecule has 1 aliphatic rings. The smallest absolute Gasteiger partial charge is 0.185 e. The van der Waals surface area contributed by atoms with Crippen LogP contribution in [0.4, 0.5) is 0 Å². The Hall–Kier alpha value is -1.22. The van der Waals surface area contributed by atoms with Crippen LogP contribution >= 0.6 is 0 Å². The van der Waals surface area contributed by atoms with E-state index >= 15 is 0 Å². The summed E-state index contributed by atoms with van der Waals surface area (Å²) in [6.45, 7) is 11.1. The van der Waals surface area contributed by atoms with E-state index in [4.69, 9.17) is 4.74 Å². The molecule has 0 aromatic carbocycles. The molecule has 0 heterocycles. The number of Topliss-reactive ketones (excluding diaryl/α,β-unsaturated/α-hetero) is 2. The van der Waals surface area contributed by atoms with Crippen molar-refractivity contribution in [2.45, 2.75) is 60.3 Å². The van der Waals surface area contributed by atoms with Gasteiger partial charge >= 0.3 is 0 Å². The Morgan fingerprint density at radius 3 is 2.24 bits per heavy atom. The Labute approximate surface area is 128 Å². The van der Waals surface area contributed by atoms with Crippen molar-refractivity contribution in [1.82, 2.24) is 0 Å². The number of hydrogen-bond acceptors (Lipinski definition) is 3. The van der Waals surface area contributed by atoms with Crippen LogP contribution in [0.5, 0.6) is 0 Å². The molecule has 0 aromatic rings. The Balaban J connectivity index is 2.55. The summed E-state index contributed by atoms with van der Waals surface area (Å²) < 4.78 is 5.61. The van der Waals surface area contributed by atoms with Crippen LogP contribution in [0, 0.1) is 5.92 Å². The third-order valence-electron chi connectivity index (χ3n) is 4.24. The lowest BCUT2D eigenvalue weighted by molar-refractivity contribution is -0.116. The molecular formula is C18H28O3. The van der Waals surface area contributed by atoms with Gasteiger partial charge in [0.05, 0.1) is 0 Å². The van der Waals surface area contributed by atoms with Crippen molar-refractivity contribution in [2.75, 3.05) is 13.2 Å². The number of ether oxygens (including phenoxy) is 1. The van der Waals surface area contributed by atoms with Crippen molar-refractivity contribution in [3.63, 3.8) is 0 Å². The van der Waals surface area contributed by atoms with E-state index in [1.165, 1.54) is 0 Å². The molecule has 0 saturated heterocycles. The van der Waals surface area contributed by atoms with E-state index in [9.17, 15) is 9.59 Å². The lowest BCUT2D eigenvalue weighted by atomic mass is 9.83. The first kappa shape index (κ1) is 17.8. The standard InChI is InChI=1S/C18H28O3/c1-6-7-10-21-11-12(2)8-9-16-15(5)17(19)13(3)14(4)18(16)20/h12H,6-11H2,1-5H3/t12-/m0/s1. The number of allylic oxidation sites excluding steroid dienone is 4. The zero-order chi connectivity index (χ0) is 16.0. The molecule has 3 nitrogen and oxygen atoms in total. The molecule has 0 N–H and O–H groups in total. The summed E-state index contributed by atoms with van der Waals surface area (Å²) in [5, 5.41) is 0. The summed E-state index contributed by atoms with van der Waals surface area (Å²) >= 11 is 0. The zero-order valence-electron chi connectivity index (χ0n) is 14.0. The van der Waals surface area contributed by atoms with Gasteiger partial charge in [0, 0.05) is 35.5 Å². The van der Waals surface area contributed by atoms with Gasteiger partial charge in [-0.05, 0) is 46.0 Å². The van der Waals surface area contributed by atoms with E-state index in [1.807, 2.05) is 0 Å². The predicted octanol–water partition coefficient (Wildman–Crippen LogP) is 4.02. The van der Waals surface area contributed by atoms with E-state index < -0.39 is 0 Å². The van der Waals surface area contributed by atoms with Gasteiger partial charge in [-0.15, -0.1) is 0 Å². The lowest BCUT2D eigenvalue weighted by Gasteiger charge is -2.20. The van der Waals surface area contributed by atoms with Crippen molar-refractivity contribution in [3.05, 3.63) is 22.3 Å². The summed E-state index contributed by atoms with van der Waals surface area (Å²) in [6, 6.07) is 0. The first-order valence-electron chi connectivity index (χ1n) is 7.94. The molecule has 3 heteroatoms. The van der Waals surface area contributed by atoms with Crippen LogP contribution in [0.2, 0.25) is 0 Å². The van der Waals surface area contributed by atoms with Gasteiger partial charge in [-0.25, -0.2) is 0 Å². The predicted molar refractivity (Wildman–Crippen MR) is 85.2 cm³/mol. The maximum Gasteiger partial charge on any atom is 0.185 e. The second kappa shape index (κ2) is 8.28. The zero-order valence-corrected chi connectivity index (χ0v) is 14.0. The van der Waals surface area contributed by atoms with Gasteiger partial charge in [0.2, 0.25) is 0 Å². The number of unbranched alkanes of at least 4 members (excludes halogenated alkanes) is 1. The van der Waals surface area contributed by atoms with Gasteiger partial charge in [-0.1, -0.05) is 20.3 Å². The first-order chi connectivity index (χ1) is 9.90. The molecule has 1 aliphatic carbocycles. The van der Waals surface area contributed by atoms with Crippen LogP contribution in [-0.2, 0) is 14.3 Å². The second-order valence-corrected chi connectivity index (χ2v) is 6.08. The number of hydrogen-bond donors (Lipinski definition) is 0. The Kier molecular flexibility index (Phi) is 7.03. The Morgan fingerprint density at radius 1 is 1.00 bits per heavy atom. The summed E-state index contributed by atoms with van der Waals surface area (Å²) in [4.78, 5) is 24.4. The number of rotatable bonds is 8. The SMILES string of the molecule is CCCCOC[C@@H](C)CCC1=C(C)C(=O)C(C)=C(C)C1=O. The molecular weight excluding hydrogens is 264 g/mol. The van der Waals surface area contributed by atoms with Gasteiger partial charge in [0.25, 0.3) is 0 Å². The van der Waals surface area contributed by atoms with E-state index in [0.717, 1.165) is 32.5 Å². The van der Waals surface area contributed by atoms with Crippen LogP contribution in [0.25, 0.3) is 0 Å². The van der Waals surface area contributed by atoms with Crippen LogP contribution in [-0.4, -0.2) is 24.8 Å². The Morgan fingerprint density at radius 2 is 1.62 bits per heavy atom. The molecule has 0 aliphatic heterocycles. The molecule has 118 valence electrons. The molecule has 0 bridgehead atoms. The summed E-state index contributed by atoms with van der Waals surface area (Å²) in [6.07, 6.45) is 3.78. The fourth-order valence-corrected chi connectivity index (χ4v) is 2.46. The van der Waals surface area contributed by atoms with E-state index in [-0.39, 0.29) is 11.6 Å². The van der Waals surface area contributed by atoms with Crippen LogP contribution in [0.1, 0.15) is 60.3 Å². The van der Waals surface area contributed by atoms with E-state index in [0.29, 0.717) is 34.6 Å². The normalized spacial score (nSPS) is 17.8. The number of carbonyl (C=O) groups is 2. The molecule has 0 aromatic heterocycles. The molecule has 1 rings (SSSR count). The summed E-state index contributed by atoms with van der Waals surface area (Å²) in [7, 11) is 0. The first-order valence-corrected chi connectivity index (χ1v) is 7.94. The highest BCUT2D eigenvalue weighted by molar-refractivity contribution is 6.24. The molecule has 0 amide bonds. The molecule has 0 unspecified atom stereocenters. The fraction of sp³-hybridized carbons (Fsp3) is 0.667. The maximum atomic E-state index is 12.3. The summed E-state index contributed by atoms with van der Waals surface area (Å²) in [5.74, 6) is 0.468. The van der Waals surface area contributed by atoms with Crippen LogP contribution < -0.4 is 0 Å². The minimum atomic E-state index is 0.0222. The molecule has 1 atom stereocenters. The second-order valence-electron chi connectivity index (χ2n) is 6.08. The third kappa shape index (κ3) is 4.63. The quantitative estimate of drug-likeness (QED) is 0.501. The average molecular weight is 292 g/mol. The maximum absolute atomic E-state index is 12.3. The molecule has 21 heavy (non-hydrogen) atoms. The lowest BCUT2D eigenvalue weighted by Crippen LogP contribution is -2.21. The molecule has 0 spiro atoms. The van der Waals surface area contributed by atoms with Gasteiger partial charge in [-0.2, -0.15) is 0 Å². The van der Waals surface area contributed by atoms with E-state index in [1.54, 1.807) is 20.8 Å². The number of ketones is 2. The topological polar surface area (TPSA) is 43.4 Å². The van der Waals surface area contributed by atoms with E-state index in [2.05, 4.69) is 13.8 Å². The van der Waals surface area contributed by atoms with Gasteiger partial charge in [0.1, 0.15) is 0 Å². The highest BCUT2D eigenvalue weighted by Crippen LogP contribution is 2.28. The molecule has 0 saturated carbocycles.